The molecule has 5 heteroatoms. The Hall–Kier alpha value is -0.930. The van der Waals surface area contributed by atoms with Crippen LogP contribution >= 0.6 is 23.2 Å². The molecule has 0 radical (unpaired) electrons. The van der Waals surface area contributed by atoms with E-state index in [2.05, 4.69) is 31.4 Å². The van der Waals surface area contributed by atoms with Crippen molar-refractivity contribution in [2.24, 2.45) is 0 Å². The van der Waals surface area contributed by atoms with Crippen LogP contribution in [0, 0.1) is 0 Å². The Kier molecular flexibility index (Phi) is 6.82. The third kappa shape index (κ3) is 4.52. The van der Waals surface area contributed by atoms with Crippen molar-refractivity contribution in [3.63, 3.8) is 0 Å². The van der Waals surface area contributed by atoms with E-state index in [4.69, 9.17) is 23.2 Å². The second-order valence-corrected chi connectivity index (χ2v) is 6.22. The Balaban J connectivity index is 3.20. The second kappa shape index (κ2) is 7.90. The molecule has 1 rings (SSSR count). The van der Waals surface area contributed by atoms with Crippen LogP contribution in [0.4, 0.5) is 5.69 Å². The van der Waals surface area contributed by atoms with Gasteiger partial charge < -0.3 is 10.6 Å². The average Bonchev–Trinajstić information content (AvgIpc) is 2.48. The van der Waals surface area contributed by atoms with Crippen molar-refractivity contribution in [2.45, 2.75) is 52.5 Å². The van der Waals surface area contributed by atoms with Crippen LogP contribution in [0.1, 0.15) is 57.3 Å². The first kappa shape index (κ1) is 18.1. The van der Waals surface area contributed by atoms with E-state index in [1.165, 1.54) is 0 Å². The Bertz CT molecular complexity index is 499. The molecule has 0 heterocycles. The van der Waals surface area contributed by atoms with Gasteiger partial charge >= 0.3 is 0 Å². The maximum atomic E-state index is 12.4. The molecule has 0 atom stereocenters. The number of nitrogens with one attached hydrogen (secondary N) is 2. The van der Waals surface area contributed by atoms with Crippen LogP contribution in [0.15, 0.2) is 12.1 Å². The molecule has 0 saturated carbocycles. The maximum absolute atomic E-state index is 12.4. The Morgan fingerprint density at radius 1 is 1.19 bits per heavy atom. The van der Waals surface area contributed by atoms with Crippen molar-refractivity contribution >= 4 is 34.8 Å². The van der Waals surface area contributed by atoms with Gasteiger partial charge in [-0.1, -0.05) is 44.0 Å². The third-order valence-electron chi connectivity index (χ3n) is 3.85. The minimum atomic E-state index is -0.193. The zero-order valence-electron chi connectivity index (χ0n) is 13.1. The normalized spacial score (nSPS) is 11.3. The molecule has 0 aromatic heterocycles. The quantitative estimate of drug-likeness (QED) is 0.728. The van der Waals surface area contributed by atoms with Crippen molar-refractivity contribution in [1.82, 2.24) is 5.32 Å². The molecule has 0 spiro atoms. The van der Waals surface area contributed by atoms with Gasteiger partial charge in [-0.2, -0.15) is 0 Å². The number of rotatable bonds is 7. The smallest absolute Gasteiger partial charge is 0.254 e. The summed E-state index contributed by atoms with van der Waals surface area (Å²) in [5, 5.41) is 6.99. The van der Waals surface area contributed by atoms with Crippen LogP contribution in [0.3, 0.4) is 0 Å². The molecule has 1 aromatic carbocycles. The first-order chi connectivity index (χ1) is 9.88. The Morgan fingerprint density at radius 2 is 1.81 bits per heavy atom. The third-order valence-corrected chi connectivity index (χ3v) is 4.66. The highest BCUT2D eigenvalue weighted by Crippen LogP contribution is 2.34. The lowest BCUT2D eigenvalue weighted by Gasteiger charge is -2.31. The largest absolute Gasteiger partial charge is 0.379 e. The van der Waals surface area contributed by atoms with Crippen LogP contribution in [-0.2, 0) is 0 Å². The van der Waals surface area contributed by atoms with Gasteiger partial charge in [0.25, 0.3) is 5.91 Å². The SMILES string of the molecule is CCCNC(=O)c1c(NC(C)(CC)CC)ccc(Cl)c1Cl. The first-order valence-electron chi connectivity index (χ1n) is 7.42. The van der Waals surface area contributed by atoms with Gasteiger partial charge in [-0.3, -0.25) is 4.79 Å². The number of anilines is 1. The van der Waals surface area contributed by atoms with Crippen LogP contribution in [0.2, 0.25) is 10.0 Å². The van der Waals surface area contributed by atoms with Gasteiger partial charge in [-0.15, -0.1) is 0 Å². The fourth-order valence-electron chi connectivity index (χ4n) is 1.96. The summed E-state index contributed by atoms with van der Waals surface area (Å²) in [4.78, 5) is 12.4. The minimum absolute atomic E-state index is 0.0864. The van der Waals surface area contributed by atoms with Crippen molar-refractivity contribution in [1.29, 1.82) is 0 Å². The summed E-state index contributed by atoms with van der Waals surface area (Å²) >= 11 is 12.3. The van der Waals surface area contributed by atoms with Crippen molar-refractivity contribution in [3.05, 3.63) is 27.7 Å². The van der Waals surface area contributed by atoms with Crippen LogP contribution in [0.25, 0.3) is 0 Å². The highest BCUT2D eigenvalue weighted by molar-refractivity contribution is 6.44. The summed E-state index contributed by atoms with van der Waals surface area (Å²) in [7, 11) is 0. The molecule has 118 valence electrons. The zero-order chi connectivity index (χ0) is 16.0. The summed E-state index contributed by atoms with van der Waals surface area (Å²) in [5.41, 5.74) is 1.06. The van der Waals surface area contributed by atoms with Crippen LogP contribution in [0.5, 0.6) is 0 Å². The van der Waals surface area contributed by atoms with E-state index in [1.807, 2.05) is 13.0 Å². The summed E-state index contributed by atoms with van der Waals surface area (Å²) in [6.45, 7) is 8.98. The summed E-state index contributed by atoms with van der Waals surface area (Å²) in [6.07, 6.45) is 2.76. The molecule has 0 saturated heterocycles. The zero-order valence-corrected chi connectivity index (χ0v) is 14.7. The number of benzene rings is 1. The fraction of sp³-hybridized carbons (Fsp3) is 0.562. The van der Waals surface area contributed by atoms with Gasteiger partial charge in [0.1, 0.15) is 0 Å². The summed E-state index contributed by atoms with van der Waals surface area (Å²) < 4.78 is 0. The highest BCUT2D eigenvalue weighted by Gasteiger charge is 2.24. The summed E-state index contributed by atoms with van der Waals surface area (Å²) in [6, 6.07) is 3.53. The highest BCUT2D eigenvalue weighted by atomic mass is 35.5. The Morgan fingerprint density at radius 3 is 2.33 bits per heavy atom. The number of carbonyl (C=O) groups is 1. The molecule has 1 amide bonds. The minimum Gasteiger partial charge on any atom is -0.379 e. The predicted molar refractivity (Wildman–Crippen MR) is 91.7 cm³/mol. The van der Waals surface area contributed by atoms with Crippen LogP contribution in [-0.4, -0.2) is 18.0 Å². The van der Waals surface area contributed by atoms with E-state index < -0.39 is 0 Å². The second-order valence-electron chi connectivity index (χ2n) is 5.43. The average molecular weight is 331 g/mol. The lowest BCUT2D eigenvalue weighted by Crippen LogP contribution is -2.34. The van der Waals surface area contributed by atoms with Crippen molar-refractivity contribution in [2.75, 3.05) is 11.9 Å². The van der Waals surface area contributed by atoms with Gasteiger partial charge in [-0.05, 0) is 38.3 Å². The van der Waals surface area contributed by atoms with Gasteiger partial charge in [-0.25, -0.2) is 0 Å². The number of carbonyl (C=O) groups excluding carboxylic acids is 1. The van der Waals surface area contributed by atoms with Gasteiger partial charge in [0, 0.05) is 17.8 Å². The molecule has 0 unspecified atom stereocenters. The topological polar surface area (TPSA) is 41.1 Å². The molecule has 0 fully saturated rings. The lowest BCUT2D eigenvalue weighted by atomic mass is 9.94. The molecule has 0 aliphatic rings. The van der Waals surface area contributed by atoms with Crippen LogP contribution < -0.4 is 10.6 Å². The summed E-state index contributed by atoms with van der Waals surface area (Å²) in [5.74, 6) is -0.193. The molecule has 0 aliphatic carbocycles. The standard InChI is InChI=1S/C16H24Cl2N2O/c1-5-10-19-15(21)13-12(9-8-11(17)14(13)18)20-16(4,6-2)7-3/h8-9,20H,5-7,10H2,1-4H3,(H,19,21). The fourth-order valence-corrected chi connectivity index (χ4v) is 2.36. The first-order valence-corrected chi connectivity index (χ1v) is 8.18. The predicted octanol–water partition coefficient (Wildman–Crippen LogP) is 5.12. The van der Waals surface area contributed by atoms with Gasteiger partial charge in [0.05, 0.1) is 15.6 Å². The van der Waals surface area contributed by atoms with E-state index >= 15 is 0 Å². The van der Waals surface area contributed by atoms with E-state index in [1.54, 1.807) is 6.07 Å². The van der Waals surface area contributed by atoms with Gasteiger partial charge in [0.15, 0.2) is 0 Å². The number of hydrogen-bond acceptors (Lipinski definition) is 2. The molecular formula is C16H24Cl2N2O. The van der Waals surface area contributed by atoms with Gasteiger partial charge in [0.2, 0.25) is 0 Å². The number of hydrogen-bond donors (Lipinski definition) is 2. The van der Waals surface area contributed by atoms with E-state index in [-0.39, 0.29) is 11.4 Å². The van der Waals surface area contributed by atoms with E-state index in [9.17, 15) is 4.79 Å². The number of halogens is 2. The number of amides is 1. The molecule has 21 heavy (non-hydrogen) atoms. The monoisotopic (exact) mass is 330 g/mol. The molecule has 2 N–H and O–H groups in total. The molecule has 1 aromatic rings. The van der Waals surface area contributed by atoms with Crippen molar-refractivity contribution < 1.29 is 4.79 Å². The Labute approximate surface area is 137 Å². The van der Waals surface area contributed by atoms with E-state index in [0.717, 1.165) is 24.9 Å². The molecule has 0 bridgehead atoms. The molecule has 0 aliphatic heterocycles. The van der Waals surface area contributed by atoms with E-state index in [0.29, 0.717) is 22.2 Å². The maximum Gasteiger partial charge on any atom is 0.254 e. The molecular weight excluding hydrogens is 307 g/mol. The van der Waals surface area contributed by atoms with Crippen molar-refractivity contribution in [3.8, 4) is 0 Å². The lowest BCUT2D eigenvalue weighted by molar-refractivity contribution is 0.0954. The molecule has 3 nitrogen and oxygen atoms in total.